The summed E-state index contributed by atoms with van der Waals surface area (Å²) in [4.78, 5) is 12.2. The Balaban J connectivity index is 2.45. The molecule has 12 heavy (non-hydrogen) atoms. The molecule has 0 amide bonds. The fraction of sp³-hybridized carbons (Fsp3) is 0.875. The first-order valence-electron chi connectivity index (χ1n) is 4.22. The lowest BCUT2D eigenvalue weighted by atomic mass is 10.1. The maximum Gasteiger partial charge on any atom is 0.320 e. The van der Waals surface area contributed by atoms with Gasteiger partial charge in [-0.15, -0.1) is 0 Å². The highest BCUT2D eigenvalue weighted by molar-refractivity contribution is 5.72. The van der Waals surface area contributed by atoms with Crippen LogP contribution in [0.1, 0.15) is 19.8 Å². The van der Waals surface area contributed by atoms with E-state index in [1.807, 2.05) is 0 Å². The number of hydrogen-bond acceptors (Lipinski definition) is 2. The minimum absolute atomic E-state index is 0.271. The van der Waals surface area contributed by atoms with Crippen molar-refractivity contribution in [1.82, 2.24) is 4.90 Å². The normalized spacial score (nSPS) is 28.3. The summed E-state index contributed by atoms with van der Waals surface area (Å²) >= 11 is 0. The van der Waals surface area contributed by atoms with Crippen LogP contribution in [0.2, 0.25) is 0 Å². The summed E-state index contributed by atoms with van der Waals surface area (Å²) in [5.41, 5.74) is 0. The Morgan fingerprint density at radius 2 is 2.42 bits per heavy atom. The molecule has 0 aromatic carbocycles. The molecule has 1 aliphatic rings. The van der Waals surface area contributed by atoms with Crippen molar-refractivity contribution in [3.05, 3.63) is 0 Å². The fourth-order valence-electron chi connectivity index (χ4n) is 1.46. The molecule has 0 aliphatic carbocycles. The molecule has 0 radical (unpaired) electrons. The first kappa shape index (κ1) is 9.45. The molecule has 2 atom stereocenters. The molecule has 70 valence electrons. The molecule has 1 N–H and O–H groups in total. The van der Waals surface area contributed by atoms with Crippen molar-refractivity contribution in [1.29, 1.82) is 0 Å². The molecule has 1 rings (SSSR count). The van der Waals surface area contributed by atoms with E-state index in [4.69, 9.17) is 5.11 Å². The number of aliphatic carboxylic acids is 1. The second-order valence-electron chi connectivity index (χ2n) is 3.25. The number of nitrogens with zero attached hydrogens (tertiary/aromatic N) is 1. The standard InChI is InChI=1S/C8H14FNO2/c1-6(8(11)12)10-4-2-3-7(9)5-10/h6-7H,2-5H2,1H3,(H,11,12)/t6-,7-/m1/s1. The van der Waals surface area contributed by atoms with Crippen molar-refractivity contribution >= 4 is 5.97 Å². The van der Waals surface area contributed by atoms with Crippen molar-refractivity contribution in [2.75, 3.05) is 13.1 Å². The molecule has 0 unspecified atom stereocenters. The van der Waals surface area contributed by atoms with Gasteiger partial charge in [-0.1, -0.05) is 0 Å². The molecule has 4 heteroatoms. The van der Waals surface area contributed by atoms with Crippen molar-refractivity contribution in [3.63, 3.8) is 0 Å². The highest BCUT2D eigenvalue weighted by Crippen LogP contribution is 2.15. The van der Waals surface area contributed by atoms with E-state index in [0.717, 1.165) is 6.42 Å². The minimum Gasteiger partial charge on any atom is -0.480 e. The van der Waals surface area contributed by atoms with Gasteiger partial charge in [-0.2, -0.15) is 0 Å². The maximum atomic E-state index is 12.8. The van der Waals surface area contributed by atoms with Crippen molar-refractivity contribution in [3.8, 4) is 0 Å². The van der Waals surface area contributed by atoms with Gasteiger partial charge in [0.2, 0.25) is 0 Å². The zero-order chi connectivity index (χ0) is 9.14. The summed E-state index contributed by atoms with van der Waals surface area (Å²) < 4.78 is 12.8. The number of likely N-dealkylation sites (tertiary alicyclic amines) is 1. The number of carbonyl (C=O) groups is 1. The molecule has 0 aromatic heterocycles. The number of hydrogen-bond donors (Lipinski definition) is 1. The third kappa shape index (κ3) is 2.17. The molecule has 0 spiro atoms. The zero-order valence-corrected chi connectivity index (χ0v) is 7.16. The number of carboxylic acid groups (broad SMARTS) is 1. The predicted octanol–water partition coefficient (Wildman–Crippen LogP) is 0.893. The SMILES string of the molecule is C[C@H](C(=O)O)N1CCC[C@@H](F)C1. The van der Waals surface area contributed by atoms with Crippen LogP contribution in [-0.2, 0) is 4.79 Å². The molecule has 1 saturated heterocycles. The van der Waals surface area contributed by atoms with Gasteiger partial charge >= 0.3 is 5.97 Å². The third-order valence-electron chi connectivity index (χ3n) is 2.30. The monoisotopic (exact) mass is 175 g/mol. The lowest BCUT2D eigenvalue weighted by Gasteiger charge is -2.31. The Morgan fingerprint density at radius 3 is 2.92 bits per heavy atom. The van der Waals surface area contributed by atoms with Gasteiger partial charge in [0.15, 0.2) is 0 Å². The van der Waals surface area contributed by atoms with Crippen LogP contribution in [0.3, 0.4) is 0 Å². The molecule has 3 nitrogen and oxygen atoms in total. The Bertz CT molecular complexity index is 174. The minimum atomic E-state index is -0.871. The summed E-state index contributed by atoms with van der Waals surface area (Å²) in [5.74, 6) is -0.871. The largest absolute Gasteiger partial charge is 0.480 e. The Labute approximate surface area is 71.2 Å². The van der Waals surface area contributed by atoms with Crippen LogP contribution in [0.5, 0.6) is 0 Å². The van der Waals surface area contributed by atoms with Crippen LogP contribution in [0, 0.1) is 0 Å². The first-order chi connectivity index (χ1) is 5.61. The van der Waals surface area contributed by atoms with Gasteiger partial charge in [-0.3, -0.25) is 9.69 Å². The first-order valence-corrected chi connectivity index (χ1v) is 4.22. The van der Waals surface area contributed by atoms with E-state index < -0.39 is 18.2 Å². The molecule has 1 aliphatic heterocycles. The Morgan fingerprint density at radius 1 is 1.75 bits per heavy atom. The van der Waals surface area contributed by atoms with Crippen LogP contribution in [0.4, 0.5) is 4.39 Å². The molecule has 0 aromatic rings. The molecule has 0 saturated carbocycles. The molecule has 1 fully saturated rings. The second kappa shape index (κ2) is 3.85. The third-order valence-corrected chi connectivity index (χ3v) is 2.30. The lowest BCUT2D eigenvalue weighted by Crippen LogP contribution is -2.45. The van der Waals surface area contributed by atoms with E-state index in [0.29, 0.717) is 13.0 Å². The summed E-state index contributed by atoms with van der Waals surface area (Å²) in [6.07, 6.45) is 0.488. The average Bonchev–Trinajstić information content (AvgIpc) is 2.03. The summed E-state index contributed by atoms with van der Waals surface area (Å²) in [6, 6.07) is -0.552. The average molecular weight is 175 g/mol. The van der Waals surface area contributed by atoms with E-state index in [-0.39, 0.29) is 6.54 Å². The number of piperidine rings is 1. The molecule has 1 heterocycles. The predicted molar refractivity (Wildman–Crippen MR) is 42.8 cm³/mol. The Hall–Kier alpha value is -0.640. The van der Waals surface area contributed by atoms with Crippen molar-refractivity contribution in [2.45, 2.75) is 32.0 Å². The van der Waals surface area contributed by atoms with E-state index in [1.165, 1.54) is 0 Å². The second-order valence-corrected chi connectivity index (χ2v) is 3.25. The van der Waals surface area contributed by atoms with Crippen LogP contribution >= 0.6 is 0 Å². The quantitative estimate of drug-likeness (QED) is 0.677. The van der Waals surface area contributed by atoms with Gasteiger partial charge in [0.05, 0.1) is 0 Å². The van der Waals surface area contributed by atoms with E-state index in [9.17, 15) is 9.18 Å². The van der Waals surface area contributed by atoms with Gasteiger partial charge in [0, 0.05) is 6.54 Å². The topological polar surface area (TPSA) is 40.5 Å². The van der Waals surface area contributed by atoms with Gasteiger partial charge in [-0.05, 0) is 26.3 Å². The number of carboxylic acids is 1. The summed E-state index contributed by atoms with van der Waals surface area (Å²) in [5, 5.41) is 8.66. The zero-order valence-electron chi connectivity index (χ0n) is 7.16. The van der Waals surface area contributed by atoms with Crippen LogP contribution in [0.15, 0.2) is 0 Å². The fourth-order valence-corrected chi connectivity index (χ4v) is 1.46. The van der Waals surface area contributed by atoms with Gasteiger partial charge < -0.3 is 5.11 Å². The van der Waals surface area contributed by atoms with Crippen LogP contribution in [-0.4, -0.2) is 41.3 Å². The number of halogens is 1. The summed E-state index contributed by atoms with van der Waals surface area (Å²) in [6.45, 7) is 2.57. The number of rotatable bonds is 2. The van der Waals surface area contributed by atoms with Crippen LogP contribution in [0.25, 0.3) is 0 Å². The van der Waals surface area contributed by atoms with Crippen molar-refractivity contribution in [2.24, 2.45) is 0 Å². The van der Waals surface area contributed by atoms with E-state index >= 15 is 0 Å². The van der Waals surface area contributed by atoms with Crippen molar-refractivity contribution < 1.29 is 14.3 Å². The summed E-state index contributed by atoms with van der Waals surface area (Å²) in [7, 11) is 0. The molecular formula is C8H14FNO2. The molecule has 0 bridgehead atoms. The molecular weight excluding hydrogens is 161 g/mol. The Kier molecular flexibility index (Phi) is 3.03. The van der Waals surface area contributed by atoms with Crippen LogP contribution < -0.4 is 0 Å². The highest BCUT2D eigenvalue weighted by atomic mass is 19.1. The van der Waals surface area contributed by atoms with E-state index in [2.05, 4.69) is 0 Å². The maximum absolute atomic E-state index is 12.8. The lowest BCUT2D eigenvalue weighted by molar-refractivity contribution is -0.143. The smallest absolute Gasteiger partial charge is 0.320 e. The van der Waals surface area contributed by atoms with Gasteiger partial charge in [0.1, 0.15) is 12.2 Å². The van der Waals surface area contributed by atoms with Gasteiger partial charge in [0.25, 0.3) is 0 Å². The van der Waals surface area contributed by atoms with E-state index in [1.54, 1.807) is 11.8 Å². The highest BCUT2D eigenvalue weighted by Gasteiger charge is 2.26. The van der Waals surface area contributed by atoms with Gasteiger partial charge in [-0.25, -0.2) is 4.39 Å². The number of alkyl halides is 1.